The summed E-state index contributed by atoms with van der Waals surface area (Å²) < 4.78 is 0. The van der Waals surface area contributed by atoms with E-state index in [0.29, 0.717) is 0 Å². The Morgan fingerprint density at radius 3 is 2.31 bits per heavy atom. The fourth-order valence-electron chi connectivity index (χ4n) is 1.74. The second-order valence-corrected chi connectivity index (χ2v) is 3.79. The van der Waals surface area contributed by atoms with Crippen LogP contribution in [0.5, 0.6) is 0 Å². The van der Waals surface area contributed by atoms with Gasteiger partial charge in [0.1, 0.15) is 0 Å². The van der Waals surface area contributed by atoms with Gasteiger partial charge in [-0.05, 0) is 22.5 Å². The molecule has 16 heavy (non-hydrogen) atoms. The van der Waals surface area contributed by atoms with Crippen molar-refractivity contribution >= 4 is 7.85 Å². The van der Waals surface area contributed by atoms with Crippen LogP contribution in [0.2, 0.25) is 0 Å². The van der Waals surface area contributed by atoms with Crippen LogP contribution in [-0.2, 0) is 6.61 Å². The van der Waals surface area contributed by atoms with Crippen LogP contribution in [0, 0.1) is 0 Å². The molecule has 78 valence electrons. The second kappa shape index (κ2) is 5.00. The average Bonchev–Trinajstić information content (AvgIpc) is 2.39. The molecule has 0 spiro atoms. The SMILES string of the molecule is [B]C(c1ccccc1)c1cccc(CO)c1. The van der Waals surface area contributed by atoms with Crippen LogP contribution in [0.15, 0.2) is 54.6 Å². The van der Waals surface area contributed by atoms with Gasteiger partial charge in [0.15, 0.2) is 0 Å². The van der Waals surface area contributed by atoms with E-state index in [0.717, 1.165) is 16.7 Å². The van der Waals surface area contributed by atoms with Crippen molar-refractivity contribution in [1.82, 2.24) is 0 Å². The Kier molecular flexibility index (Phi) is 3.42. The van der Waals surface area contributed by atoms with E-state index < -0.39 is 0 Å². The van der Waals surface area contributed by atoms with Crippen molar-refractivity contribution in [2.24, 2.45) is 0 Å². The lowest BCUT2D eigenvalue weighted by atomic mass is 9.75. The lowest BCUT2D eigenvalue weighted by Gasteiger charge is -2.13. The van der Waals surface area contributed by atoms with Crippen LogP contribution >= 0.6 is 0 Å². The van der Waals surface area contributed by atoms with Crippen molar-refractivity contribution in [2.45, 2.75) is 12.4 Å². The average molecular weight is 208 g/mol. The van der Waals surface area contributed by atoms with E-state index in [1.165, 1.54) is 0 Å². The molecule has 2 rings (SSSR count). The Morgan fingerprint density at radius 1 is 0.938 bits per heavy atom. The van der Waals surface area contributed by atoms with Gasteiger partial charge in [-0.3, -0.25) is 0 Å². The lowest BCUT2D eigenvalue weighted by molar-refractivity contribution is 0.281. The van der Waals surface area contributed by atoms with Crippen LogP contribution < -0.4 is 0 Å². The Hall–Kier alpha value is -1.54. The Labute approximate surface area is 97.2 Å². The summed E-state index contributed by atoms with van der Waals surface area (Å²) >= 11 is 0. The zero-order valence-electron chi connectivity index (χ0n) is 9.01. The van der Waals surface area contributed by atoms with E-state index in [1.807, 2.05) is 54.6 Å². The zero-order chi connectivity index (χ0) is 11.4. The summed E-state index contributed by atoms with van der Waals surface area (Å²) in [6.07, 6.45) is 0. The molecule has 2 aromatic rings. The van der Waals surface area contributed by atoms with Crippen molar-refractivity contribution in [3.63, 3.8) is 0 Å². The molecule has 0 aliphatic rings. The smallest absolute Gasteiger partial charge is 0.0828 e. The summed E-state index contributed by atoms with van der Waals surface area (Å²) in [4.78, 5) is 0. The fourth-order valence-corrected chi connectivity index (χ4v) is 1.74. The highest BCUT2D eigenvalue weighted by molar-refractivity contribution is 6.14. The molecule has 1 nitrogen and oxygen atoms in total. The molecule has 1 N–H and O–H groups in total. The largest absolute Gasteiger partial charge is 0.392 e. The predicted molar refractivity (Wildman–Crippen MR) is 66.4 cm³/mol. The van der Waals surface area contributed by atoms with Gasteiger partial charge in [-0.25, -0.2) is 0 Å². The van der Waals surface area contributed by atoms with Crippen LogP contribution in [-0.4, -0.2) is 13.0 Å². The maximum absolute atomic E-state index is 9.07. The highest BCUT2D eigenvalue weighted by atomic mass is 16.3. The van der Waals surface area contributed by atoms with Gasteiger partial charge in [-0.2, -0.15) is 0 Å². The summed E-state index contributed by atoms with van der Waals surface area (Å²) in [5.74, 6) is -0.132. The van der Waals surface area contributed by atoms with Crippen molar-refractivity contribution in [2.75, 3.05) is 0 Å². The molecule has 2 aromatic carbocycles. The van der Waals surface area contributed by atoms with Crippen molar-refractivity contribution in [3.8, 4) is 0 Å². The molecule has 2 heteroatoms. The van der Waals surface area contributed by atoms with Gasteiger partial charge in [0.2, 0.25) is 0 Å². The Morgan fingerprint density at radius 2 is 1.62 bits per heavy atom. The molecule has 0 saturated heterocycles. The number of hydrogen-bond donors (Lipinski definition) is 1. The maximum atomic E-state index is 9.07. The van der Waals surface area contributed by atoms with Crippen LogP contribution in [0.1, 0.15) is 22.5 Å². The minimum Gasteiger partial charge on any atom is -0.392 e. The molecule has 0 saturated carbocycles. The van der Waals surface area contributed by atoms with Crippen molar-refractivity contribution in [1.29, 1.82) is 0 Å². The van der Waals surface area contributed by atoms with Gasteiger partial charge in [0.25, 0.3) is 0 Å². The molecule has 2 radical (unpaired) electrons. The first-order chi connectivity index (χ1) is 7.81. The van der Waals surface area contributed by atoms with Crippen molar-refractivity contribution in [3.05, 3.63) is 71.3 Å². The van der Waals surface area contributed by atoms with Crippen LogP contribution in [0.4, 0.5) is 0 Å². The molecular weight excluding hydrogens is 195 g/mol. The summed E-state index contributed by atoms with van der Waals surface area (Å²) in [5.41, 5.74) is 3.00. The monoisotopic (exact) mass is 208 g/mol. The van der Waals surface area contributed by atoms with Crippen LogP contribution in [0.25, 0.3) is 0 Å². The first-order valence-electron chi connectivity index (χ1n) is 5.31. The minimum absolute atomic E-state index is 0.0509. The van der Waals surface area contributed by atoms with Gasteiger partial charge in [0, 0.05) is 0 Å². The Balaban J connectivity index is 2.30. The number of aliphatic hydroxyl groups excluding tert-OH is 1. The molecular formula is C14H13BO. The number of aliphatic hydroxyl groups is 1. The van der Waals surface area contributed by atoms with E-state index in [1.54, 1.807) is 0 Å². The minimum atomic E-state index is -0.132. The van der Waals surface area contributed by atoms with E-state index in [2.05, 4.69) is 0 Å². The van der Waals surface area contributed by atoms with Gasteiger partial charge in [-0.1, -0.05) is 54.6 Å². The first-order valence-corrected chi connectivity index (χ1v) is 5.31. The lowest BCUT2D eigenvalue weighted by Crippen LogP contribution is -2.00. The van der Waals surface area contributed by atoms with E-state index in [4.69, 9.17) is 13.0 Å². The number of rotatable bonds is 3. The third-order valence-corrected chi connectivity index (χ3v) is 2.65. The molecule has 0 aliphatic heterocycles. The molecule has 0 fully saturated rings. The van der Waals surface area contributed by atoms with Gasteiger partial charge >= 0.3 is 0 Å². The Bertz CT molecular complexity index is 453. The van der Waals surface area contributed by atoms with Crippen molar-refractivity contribution < 1.29 is 5.11 Å². The summed E-state index contributed by atoms with van der Waals surface area (Å²) in [7, 11) is 6.16. The summed E-state index contributed by atoms with van der Waals surface area (Å²) in [5, 5.41) is 9.07. The van der Waals surface area contributed by atoms with E-state index >= 15 is 0 Å². The highest BCUT2D eigenvalue weighted by Crippen LogP contribution is 2.21. The third kappa shape index (κ3) is 2.34. The molecule has 0 heterocycles. The summed E-state index contributed by atoms with van der Waals surface area (Å²) in [6, 6.07) is 17.7. The topological polar surface area (TPSA) is 20.2 Å². The first kappa shape index (κ1) is 11.0. The molecule has 0 aromatic heterocycles. The van der Waals surface area contributed by atoms with Gasteiger partial charge in [0.05, 0.1) is 14.5 Å². The standard InChI is InChI=1S/C14H13BO/c15-14(12-6-2-1-3-7-12)13-8-4-5-11(9-13)10-16/h1-9,14,16H,10H2. The fraction of sp³-hybridized carbons (Fsp3) is 0.143. The third-order valence-electron chi connectivity index (χ3n) is 2.65. The normalized spacial score (nSPS) is 12.3. The molecule has 1 atom stereocenters. The number of hydrogen-bond acceptors (Lipinski definition) is 1. The van der Waals surface area contributed by atoms with Gasteiger partial charge in [-0.15, -0.1) is 0 Å². The predicted octanol–water partition coefficient (Wildman–Crippen LogP) is 2.44. The highest BCUT2D eigenvalue weighted by Gasteiger charge is 2.07. The molecule has 0 bridgehead atoms. The quantitative estimate of drug-likeness (QED) is 0.768. The van der Waals surface area contributed by atoms with E-state index in [9.17, 15) is 0 Å². The number of benzene rings is 2. The molecule has 0 aliphatic carbocycles. The summed E-state index contributed by atoms with van der Waals surface area (Å²) in [6.45, 7) is 0.0509. The van der Waals surface area contributed by atoms with Crippen LogP contribution in [0.3, 0.4) is 0 Å². The van der Waals surface area contributed by atoms with Gasteiger partial charge < -0.3 is 5.11 Å². The second-order valence-electron chi connectivity index (χ2n) is 3.79. The zero-order valence-corrected chi connectivity index (χ0v) is 9.01. The van der Waals surface area contributed by atoms with E-state index in [-0.39, 0.29) is 12.4 Å². The molecule has 0 amide bonds. The maximum Gasteiger partial charge on any atom is 0.0828 e. The molecule has 1 unspecified atom stereocenters.